The van der Waals surface area contributed by atoms with E-state index < -0.39 is 0 Å². The molecule has 2 aromatic rings. The van der Waals surface area contributed by atoms with Gasteiger partial charge in [0.25, 0.3) is 5.91 Å². The molecule has 1 aliphatic heterocycles. The van der Waals surface area contributed by atoms with Crippen LogP contribution in [0.25, 0.3) is 10.9 Å². The quantitative estimate of drug-likeness (QED) is 0.768. The number of halogens is 1. The second-order valence-electron chi connectivity index (χ2n) is 8.48. The third kappa shape index (κ3) is 3.47. The summed E-state index contributed by atoms with van der Waals surface area (Å²) in [5.41, 5.74) is 1.98. The lowest BCUT2D eigenvalue weighted by molar-refractivity contribution is -0.144. The van der Waals surface area contributed by atoms with Crippen LogP contribution in [0.2, 0.25) is 0 Å². The van der Waals surface area contributed by atoms with Gasteiger partial charge in [0.05, 0.1) is 5.52 Å². The van der Waals surface area contributed by atoms with Crippen LogP contribution >= 0.6 is 0 Å². The number of rotatable bonds is 4. The van der Waals surface area contributed by atoms with Crippen LogP contribution in [-0.4, -0.2) is 34.7 Å². The van der Waals surface area contributed by atoms with Crippen molar-refractivity contribution in [3.05, 3.63) is 41.8 Å². The van der Waals surface area contributed by atoms with E-state index in [1.165, 1.54) is 6.07 Å². The van der Waals surface area contributed by atoms with Crippen LogP contribution in [0.4, 0.5) is 4.39 Å². The predicted octanol–water partition coefficient (Wildman–Crippen LogP) is 3.94. The highest BCUT2D eigenvalue weighted by Gasteiger charge is 2.43. The summed E-state index contributed by atoms with van der Waals surface area (Å²) in [5.74, 6) is 0.577. The van der Waals surface area contributed by atoms with Crippen molar-refractivity contribution in [2.24, 2.45) is 17.8 Å². The Hall–Kier alpha value is -2.30. The molecule has 4 rings (SSSR count). The van der Waals surface area contributed by atoms with Gasteiger partial charge in [-0.1, -0.05) is 13.8 Å². The zero-order valence-corrected chi connectivity index (χ0v) is 15.8. The van der Waals surface area contributed by atoms with Crippen molar-refractivity contribution >= 4 is 22.6 Å². The van der Waals surface area contributed by atoms with Gasteiger partial charge in [0.2, 0.25) is 5.78 Å². The molecular formula is C22H25FN2O2. The van der Waals surface area contributed by atoms with Gasteiger partial charge < -0.3 is 4.90 Å². The number of fused-ring (bicyclic) bond motifs is 2. The third-order valence-corrected chi connectivity index (χ3v) is 6.05. The molecule has 2 heterocycles. The number of carbonyl (C=O) groups is 2. The third-order valence-electron chi connectivity index (χ3n) is 6.05. The number of nitrogens with zero attached hydrogens (tertiary/aromatic N) is 2. The molecule has 4 nitrogen and oxygen atoms in total. The molecule has 0 bridgehead atoms. The molecule has 142 valence electrons. The Bertz CT molecular complexity index is 881. The number of likely N-dealkylation sites (tertiary alicyclic amines) is 1. The molecule has 1 unspecified atom stereocenters. The first kappa shape index (κ1) is 18.1. The maximum absolute atomic E-state index is 13.7. The number of pyridine rings is 1. The molecule has 1 aromatic carbocycles. The van der Waals surface area contributed by atoms with Crippen LogP contribution in [0.1, 0.15) is 44.6 Å². The van der Waals surface area contributed by atoms with E-state index in [0.29, 0.717) is 37.3 Å². The Morgan fingerprint density at radius 3 is 2.56 bits per heavy atom. The first-order valence-corrected chi connectivity index (χ1v) is 9.78. The minimum Gasteiger partial charge on any atom is -0.336 e. The van der Waals surface area contributed by atoms with E-state index in [9.17, 15) is 14.0 Å². The van der Waals surface area contributed by atoms with E-state index in [1.807, 2.05) is 19.9 Å². The number of amides is 1. The Balaban J connectivity index is 1.47. The fourth-order valence-electron chi connectivity index (χ4n) is 4.85. The SMILES string of the molecule is CC(C)CC(=O)C(=O)N1C[C@H]2CC(c3ccnc4ccc(F)cc34)C[C@H]2C1. The predicted molar refractivity (Wildman–Crippen MR) is 102 cm³/mol. The highest BCUT2D eigenvalue weighted by atomic mass is 19.1. The lowest BCUT2D eigenvalue weighted by Gasteiger charge is -2.20. The molecule has 1 saturated heterocycles. The van der Waals surface area contributed by atoms with Gasteiger partial charge in [-0.15, -0.1) is 0 Å². The topological polar surface area (TPSA) is 50.3 Å². The monoisotopic (exact) mass is 368 g/mol. The first-order valence-electron chi connectivity index (χ1n) is 9.78. The van der Waals surface area contributed by atoms with Crippen molar-refractivity contribution in [1.29, 1.82) is 0 Å². The Morgan fingerprint density at radius 2 is 1.89 bits per heavy atom. The van der Waals surface area contributed by atoms with Crippen LogP contribution in [0, 0.1) is 23.6 Å². The summed E-state index contributed by atoms with van der Waals surface area (Å²) < 4.78 is 13.7. The summed E-state index contributed by atoms with van der Waals surface area (Å²) in [6.45, 7) is 5.25. The van der Waals surface area contributed by atoms with Crippen molar-refractivity contribution < 1.29 is 14.0 Å². The van der Waals surface area contributed by atoms with Crippen molar-refractivity contribution in [3.63, 3.8) is 0 Å². The summed E-state index contributed by atoms with van der Waals surface area (Å²) in [6.07, 6.45) is 4.07. The number of carbonyl (C=O) groups excluding carboxylic acids is 2. The van der Waals surface area contributed by atoms with E-state index in [4.69, 9.17) is 0 Å². The lowest BCUT2D eigenvalue weighted by Crippen LogP contribution is -2.36. The second-order valence-corrected chi connectivity index (χ2v) is 8.48. The Labute approximate surface area is 158 Å². The molecule has 1 aliphatic carbocycles. The van der Waals surface area contributed by atoms with Gasteiger partial charge in [-0.3, -0.25) is 14.6 Å². The normalized spacial score (nSPS) is 24.6. The average molecular weight is 368 g/mol. The summed E-state index contributed by atoms with van der Waals surface area (Å²) in [6, 6.07) is 6.75. The van der Waals surface area contributed by atoms with Crippen LogP contribution in [0.5, 0.6) is 0 Å². The Morgan fingerprint density at radius 1 is 1.19 bits per heavy atom. The molecule has 3 atom stereocenters. The molecule has 5 heteroatoms. The Kier molecular flexibility index (Phi) is 4.70. The van der Waals surface area contributed by atoms with Crippen LogP contribution in [0.3, 0.4) is 0 Å². The molecule has 1 aromatic heterocycles. The summed E-state index contributed by atoms with van der Waals surface area (Å²) in [4.78, 5) is 30.6. The molecule has 1 saturated carbocycles. The number of benzene rings is 1. The van der Waals surface area contributed by atoms with Crippen LogP contribution < -0.4 is 0 Å². The number of hydrogen-bond acceptors (Lipinski definition) is 3. The number of hydrogen-bond donors (Lipinski definition) is 0. The minimum atomic E-state index is -0.314. The second kappa shape index (κ2) is 7.02. The van der Waals surface area contributed by atoms with E-state index >= 15 is 0 Å². The molecule has 0 N–H and O–H groups in total. The van der Waals surface area contributed by atoms with Gasteiger partial charge in [-0.25, -0.2) is 4.39 Å². The molecule has 0 radical (unpaired) electrons. The number of Topliss-reactive ketones (excluding diaryl/α,β-unsaturated/α-hetero) is 1. The fraction of sp³-hybridized carbons (Fsp3) is 0.500. The summed E-state index contributed by atoms with van der Waals surface area (Å²) >= 11 is 0. The maximum Gasteiger partial charge on any atom is 0.289 e. The molecular weight excluding hydrogens is 343 g/mol. The highest BCUT2D eigenvalue weighted by Crippen LogP contribution is 2.47. The van der Waals surface area contributed by atoms with Gasteiger partial charge in [0, 0.05) is 31.1 Å². The maximum atomic E-state index is 13.7. The van der Waals surface area contributed by atoms with Crippen LogP contribution in [0.15, 0.2) is 30.5 Å². The first-order chi connectivity index (χ1) is 12.9. The van der Waals surface area contributed by atoms with E-state index in [1.54, 1.807) is 23.2 Å². The van der Waals surface area contributed by atoms with Gasteiger partial charge in [0.1, 0.15) is 5.82 Å². The summed E-state index contributed by atoms with van der Waals surface area (Å²) in [7, 11) is 0. The van der Waals surface area contributed by atoms with Crippen molar-refractivity contribution in [3.8, 4) is 0 Å². The van der Waals surface area contributed by atoms with E-state index in [2.05, 4.69) is 4.98 Å². The van der Waals surface area contributed by atoms with Gasteiger partial charge in [-0.2, -0.15) is 0 Å². The minimum absolute atomic E-state index is 0.202. The molecule has 2 fully saturated rings. The molecule has 1 amide bonds. The standard InChI is InChI=1S/C22H25FN2O2/c1-13(2)7-21(26)22(27)25-11-15-8-14(9-16(15)12-25)18-5-6-24-20-4-3-17(23)10-19(18)20/h3-6,10,13-16H,7-9,11-12H2,1-2H3/t14?,15-,16+. The molecule has 27 heavy (non-hydrogen) atoms. The van der Waals surface area contributed by atoms with Gasteiger partial charge in [-0.05, 0) is 66.3 Å². The summed E-state index contributed by atoms with van der Waals surface area (Å²) in [5, 5.41) is 0.891. The molecule has 2 aliphatic rings. The van der Waals surface area contributed by atoms with Gasteiger partial charge >= 0.3 is 0 Å². The fourth-order valence-corrected chi connectivity index (χ4v) is 4.85. The zero-order chi connectivity index (χ0) is 19.1. The van der Waals surface area contributed by atoms with Gasteiger partial charge in [0.15, 0.2) is 0 Å². The smallest absolute Gasteiger partial charge is 0.289 e. The van der Waals surface area contributed by atoms with Crippen molar-refractivity contribution in [2.75, 3.05) is 13.1 Å². The van der Waals surface area contributed by atoms with E-state index in [0.717, 1.165) is 29.3 Å². The molecule has 0 spiro atoms. The number of ketones is 1. The van der Waals surface area contributed by atoms with E-state index in [-0.39, 0.29) is 23.4 Å². The van der Waals surface area contributed by atoms with Crippen LogP contribution in [-0.2, 0) is 9.59 Å². The highest BCUT2D eigenvalue weighted by molar-refractivity contribution is 6.36. The zero-order valence-electron chi connectivity index (χ0n) is 15.8. The van der Waals surface area contributed by atoms with Crippen molar-refractivity contribution in [2.45, 2.75) is 39.0 Å². The number of aromatic nitrogens is 1. The van der Waals surface area contributed by atoms with Crippen molar-refractivity contribution in [1.82, 2.24) is 9.88 Å². The average Bonchev–Trinajstić information content (AvgIpc) is 3.18. The lowest BCUT2D eigenvalue weighted by atomic mass is 9.93. The largest absolute Gasteiger partial charge is 0.336 e.